The van der Waals surface area contributed by atoms with Crippen LogP contribution in [0.2, 0.25) is 0 Å². The first kappa shape index (κ1) is 14.4. The van der Waals surface area contributed by atoms with Crippen LogP contribution in [0.1, 0.15) is 26.2 Å². The minimum Gasteiger partial charge on any atom is -0.468 e. The monoisotopic (exact) mass is 244 g/mol. The van der Waals surface area contributed by atoms with Gasteiger partial charge >= 0.3 is 5.97 Å². The zero-order chi connectivity index (χ0) is 12.9. The number of carbonyl (C=O) groups excluding carboxylic acids is 1. The summed E-state index contributed by atoms with van der Waals surface area (Å²) in [5.74, 6) is -0.358. The van der Waals surface area contributed by atoms with Gasteiger partial charge in [0, 0.05) is 19.7 Å². The summed E-state index contributed by atoms with van der Waals surface area (Å²) in [6.07, 6.45) is 3.20. The summed E-state index contributed by atoms with van der Waals surface area (Å²) in [4.78, 5) is 13.6. The van der Waals surface area contributed by atoms with E-state index in [1.165, 1.54) is 7.11 Å². The molecule has 1 aliphatic rings. The Morgan fingerprint density at radius 2 is 2.35 bits per heavy atom. The second kappa shape index (κ2) is 6.33. The Morgan fingerprint density at radius 3 is 2.88 bits per heavy atom. The summed E-state index contributed by atoms with van der Waals surface area (Å²) < 4.78 is 10.2. The third-order valence-electron chi connectivity index (χ3n) is 3.20. The lowest BCUT2D eigenvalue weighted by Gasteiger charge is -2.26. The quantitative estimate of drug-likeness (QED) is 0.684. The first-order valence-corrected chi connectivity index (χ1v) is 6.13. The molecule has 1 fully saturated rings. The summed E-state index contributed by atoms with van der Waals surface area (Å²) in [5.41, 5.74) is 4.99. The molecule has 0 radical (unpaired) electrons. The fourth-order valence-electron chi connectivity index (χ4n) is 1.99. The fourth-order valence-corrected chi connectivity index (χ4v) is 1.99. The largest absolute Gasteiger partial charge is 0.468 e. The van der Waals surface area contributed by atoms with Crippen molar-refractivity contribution in [1.29, 1.82) is 0 Å². The molecule has 0 aromatic heterocycles. The minimum absolute atomic E-state index is 0.335. The number of hydrogen-bond acceptors (Lipinski definition) is 5. The number of likely N-dealkylation sites (N-methyl/N-ethyl adjacent to an activating group) is 1. The number of nitrogens with two attached hydrogens (primary N) is 1. The van der Waals surface area contributed by atoms with Gasteiger partial charge in [0.15, 0.2) is 0 Å². The van der Waals surface area contributed by atoms with Gasteiger partial charge in [0.1, 0.15) is 5.54 Å². The van der Waals surface area contributed by atoms with Crippen LogP contribution in [0.3, 0.4) is 0 Å². The van der Waals surface area contributed by atoms with E-state index in [2.05, 4.69) is 9.64 Å². The molecule has 5 nitrogen and oxygen atoms in total. The molecule has 0 bridgehead atoms. The van der Waals surface area contributed by atoms with Crippen molar-refractivity contribution < 1.29 is 14.3 Å². The number of carbonyl (C=O) groups is 1. The van der Waals surface area contributed by atoms with E-state index in [9.17, 15) is 4.79 Å². The van der Waals surface area contributed by atoms with Gasteiger partial charge in [-0.05, 0) is 33.2 Å². The lowest BCUT2D eigenvalue weighted by atomic mass is 9.99. The van der Waals surface area contributed by atoms with Gasteiger partial charge < -0.3 is 20.1 Å². The minimum atomic E-state index is -0.903. The van der Waals surface area contributed by atoms with Gasteiger partial charge in [-0.3, -0.25) is 4.79 Å². The Balaban J connectivity index is 2.26. The smallest absolute Gasteiger partial charge is 0.325 e. The molecule has 2 unspecified atom stereocenters. The highest BCUT2D eigenvalue weighted by Gasteiger charge is 2.29. The maximum atomic E-state index is 11.4. The first-order valence-electron chi connectivity index (χ1n) is 6.13. The normalized spacial score (nSPS) is 23.7. The Bertz CT molecular complexity index is 250. The van der Waals surface area contributed by atoms with E-state index in [4.69, 9.17) is 10.5 Å². The summed E-state index contributed by atoms with van der Waals surface area (Å²) in [5, 5.41) is 0. The molecular weight excluding hydrogens is 220 g/mol. The van der Waals surface area contributed by atoms with Crippen molar-refractivity contribution in [1.82, 2.24) is 4.90 Å². The predicted molar refractivity (Wildman–Crippen MR) is 65.7 cm³/mol. The van der Waals surface area contributed by atoms with Gasteiger partial charge in [0.2, 0.25) is 0 Å². The first-order chi connectivity index (χ1) is 7.95. The Morgan fingerprint density at radius 1 is 1.65 bits per heavy atom. The topological polar surface area (TPSA) is 64.8 Å². The molecule has 1 aliphatic heterocycles. The van der Waals surface area contributed by atoms with E-state index in [-0.39, 0.29) is 5.97 Å². The van der Waals surface area contributed by atoms with Crippen molar-refractivity contribution in [2.45, 2.75) is 37.8 Å². The summed E-state index contributed by atoms with van der Waals surface area (Å²) in [7, 11) is 3.39. The predicted octanol–water partition coefficient (Wildman–Crippen LogP) is 0.378. The lowest BCUT2D eigenvalue weighted by molar-refractivity contribution is -0.146. The number of methoxy groups -OCH3 is 1. The molecule has 1 heterocycles. The maximum Gasteiger partial charge on any atom is 0.325 e. The molecule has 5 heteroatoms. The van der Waals surface area contributed by atoms with Gasteiger partial charge in [-0.25, -0.2) is 0 Å². The Labute approximate surface area is 103 Å². The summed E-state index contributed by atoms with van der Waals surface area (Å²) in [6.45, 7) is 4.24. The number of rotatable bonds is 6. The lowest BCUT2D eigenvalue weighted by Crippen LogP contribution is -2.48. The molecule has 0 saturated carbocycles. The van der Waals surface area contributed by atoms with Crippen molar-refractivity contribution in [2.24, 2.45) is 5.73 Å². The summed E-state index contributed by atoms with van der Waals surface area (Å²) >= 11 is 0. The maximum absolute atomic E-state index is 11.4. The highest BCUT2D eigenvalue weighted by Crippen LogP contribution is 2.14. The third kappa shape index (κ3) is 4.61. The standard InChI is InChI=1S/C12H24N2O3/c1-12(13,11(15)16-3)6-7-14(2)9-10-5-4-8-17-10/h10H,4-9,13H2,1-3H3. The van der Waals surface area contributed by atoms with E-state index in [0.29, 0.717) is 12.5 Å². The van der Waals surface area contributed by atoms with E-state index in [1.807, 2.05) is 7.05 Å². The zero-order valence-corrected chi connectivity index (χ0v) is 11.1. The molecule has 2 N–H and O–H groups in total. The van der Waals surface area contributed by atoms with Crippen molar-refractivity contribution >= 4 is 5.97 Å². The van der Waals surface area contributed by atoms with Gasteiger partial charge in [-0.1, -0.05) is 0 Å². The molecule has 0 aliphatic carbocycles. The van der Waals surface area contributed by atoms with Crippen molar-refractivity contribution in [3.05, 3.63) is 0 Å². The van der Waals surface area contributed by atoms with E-state index >= 15 is 0 Å². The molecule has 0 amide bonds. The van der Waals surface area contributed by atoms with Gasteiger partial charge in [-0.15, -0.1) is 0 Å². The molecule has 2 atom stereocenters. The van der Waals surface area contributed by atoms with Crippen LogP contribution in [0.4, 0.5) is 0 Å². The van der Waals surface area contributed by atoms with Crippen molar-refractivity contribution in [3.63, 3.8) is 0 Å². The molecule has 17 heavy (non-hydrogen) atoms. The van der Waals surface area contributed by atoms with Crippen LogP contribution in [-0.4, -0.2) is 56.4 Å². The number of ether oxygens (including phenoxy) is 2. The second-order valence-corrected chi connectivity index (χ2v) is 5.06. The number of hydrogen-bond donors (Lipinski definition) is 1. The molecule has 1 saturated heterocycles. The van der Waals surface area contributed by atoms with Gasteiger partial charge in [-0.2, -0.15) is 0 Å². The number of nitrogens with zero attached hydrogens (tertiary/aromatic N) is 1. The highest BCUT2D eigenvalue weighted by atomic mass is 16.5. The Hall–Kier alpha value is -0.650. The van der Waals surface area contributed by atoms with Crippen LogP contribution in [0, 0.1) is 0 Å². The zero-order valence-electron chi connectivity index (χ0n) is 11.1. The molecule has 100 valence electrons. The third-order valence-corrected chi connectivity index (χ3v) is 3.20. The SMILES string of the molecule is COC(=O)C(C)(N)CCN(C)CC1CCCO1. The summed E-state index contributed by atoms with van der Waals surface area (Å²) in [6, 6.07) is 0. The van der Waals surface area contributed by atoms with Crippen molar-refractivity contribution in [3.8, 4) is 0 Å². The van der Waals surface area contributed by atoms with Crippen LogP contribution >= 0.6 is 0 Å². The highest BCUT2D eigenvalue weighted by molar-refractivity contribution is 5.79. The van der Waals surface area contributed by atoms with Crippen LogP contribution in [0.5, 0.6) is 0 Å². The molecule has 0 spiro atoms. The fraction of sp³-hybridized carbons (Fsp3) is 0.917. The molecule has 0 aromatic rings. The van der Waals surface area contributed by atoms with E-state index in [0.717, 1.165) is 32.5 Å². The van der Waals surface area contributed by atoms with Crippen molar-refractivity contribution in [2.75, 3.05) is 33.9 Å². The van der Waals surface area contributed by atoms with Gasteiger partial charge in [0.05, 0.1) is 13.2 Å². The van der Waals surface area contributed by atoms with Crippen LogP contribution < -0.4 is 5.73 Å². The van der Waals surface area contributed by atoms with E-state index in [1.54, 1.807) is 6.92 Å². The molecular formula is C12H24N2O3. The second-order valence-electron chi connectivity index (χ2n) is 5.06. The average molecular weight is 244 g/mol. The molecule has 0 aromatic carbocycles. The molecule has 1 rings (SSSR count). The van der Waals surface area contributed by atoms with Gasteiger partial charge in [0.25, 0.3) is 0 Å². The van der Waals surface area contributed by atoms with Crippen LogP contribution in [-0.2, 0) is 14.3 Å². The average Bonchev–Trinajstić information content (AvgIpc) is 2.78. The van der Waals surface area contributed by atoms with Crippen LogP contribution in [0.15, 0.2) is 0 Å². The van der Waals surface area contributed by atoms with Crippen LogP contribution in [0.25, 0.3) is 0 Å². The number of esters is 1. The Kier molecular flexibility index (Phi) is 5.36. The van der Waals surface area contributed by atoms with E-state index < -0.39 is 5.54 Å².